The van der Waals surface area contributed by atoms with E-state index in [1.54, 1.807) is 6.92 Å². The van der Waals surface area contributed by atoms with E-state index in [1.165, 1.54) is 22.3 Å². The molecule has 0 bridgehead atoms. The van der Waals surface area contributed by atoms with Crippen LogP contribution in [0.4, 0.5) is 8.78 Å². The van der Waals surface area contributed by atoms with Gasteiger partial charge in [-0.1, -0.05) is 6.07 Å². The summed E-state index contributed by atoms with van der Waals surface area (Å²) < 4.78 is 26.8. The van der Waals surface area contributed by atoms with Crippen molar-refractivity contribution in [2.45, 2.75) is 32.2 Å². The quantitative estimate of drug-likeness (QED) is 0.909. The first-order valence-corrected chi connectivity index (χ1v) is 8.73. The van der Waals surface area contributed by atoms with E-state index in [0.29, 0.717) is 28.4 Å². The zero-order valence-electron chi connectivity index (χ0n) is 13.6. The number of piperidine rings is 1. The number of halogens is 2. The number of amides is 2. The van der Waals surface area contributed by atoms with Crippen LogP contribution in [0.25, 0.3) is 10.4 Å². The highest BCUT2D eigenvalue weighted by atomic mass is 32.1. The summed E-state index contributed by atoms with van der Waals surface area (Å²) in [5.74, 6) is -2.90. The maximum atomic E-state index is 13.6. The fourth-order valence-corrected chi connectivity index (χ4v) is 3.92. The topological polar surface area (TPSA) is 76.3 Å². The van der Waals surface area contributed by atoms with Gasteiger partial charge in [0.2, 0.25) is 5.91 Å². The predicted octanol–water partition coefficient (Wildman–Crippen LogP) is 2.88. The lowest BCUT2D eigenvalue weighted by Crippen LogP contribution is -2.50. The third kappa shape index (κ3) is 3.39. The number of nitrogens with zero attached hydrogens (tertiary/aromatic N) is 2. The van der Waals surface area contributed by atoms with Crippen molar-refractivity contribution in [3.8, 4) is 10.4 Å². The first-order valence-electron chi connectivity index (χ1n) is 7.91. The molecule has 2 amide bonds. The molecule has 1 aromatic carbocycles. The van der Waals surface area contributed by atoms with Crippen LogP contribution in [0.3, 0.4) is 0 Å². The van der Waals surface area contributed by atoms with E-state index in [1.807, 2.05) is 0 Å². The van der Waals surface area contributed by atoms with Gasteiger partial charge in [0.15, 0.2) is 11.6 Å². The molecule has 1 fully saturated rings. The Hall–Kier alpha value is -2.35. The molecule has 1 unspecified atom stereocenters. The molecule has 3 rings (SSSR count). The number of aryl methyl sites for hydroxylation is 1. The highest BCUT2D eigenvalue weighted by Crippen LogP contribution is 2.33. The lowest BCUT2D eigenvalue weighted by molar-refractivity contribution is -0.123. The molecular formula is C17H17F2N3O2S. The second kappa shape index (κ2) is 6.87. The second-order valence-electron chi connectivity index (χ2n) is 5.95. The van der Waals surface area contributed by atoms with Crippen molar-refractivity contribution in [2.24, 2.45) is 5.73 Å². The van der Waals surface area contributed by atoms with Gasteiger partial charge >= 0.3 is 0 Å². The van der Waals surface area contributed by atoms with E-state index in [4.69, 9.17) is 5.73 Å². The van der Waals surface area contributed by atoms with Gasteiger partial charge in [0, 0.05) is 6.54 Å². The van der Waals surface area contributed by atoms with Crippen LogP contribution >= 0.6 is 11.3 Å². The Bertz CT molecular complexity index is 837. The smallest absolute Gasteiger partial charge is 0.274 e. The van der Waals surface area contributed by atoms with Crippen LogP contribution in [0.1, 0.15) is 34.8 Å². The first kappa shape index (κ1) is 17.5. The number of rotatable bonds is 3. The van der Waals surface area contributed by atoms with Gasteiger partial charge in [0.25, 0.3) is 5.91 Å². The summed E-state index contributed by atoms with van der Waals surface area (Å²) in [4.78, 5) is 30.8. The summed E-state index contributed by atoms with van der Waals surface area (Å²) in [7, 11) is 0. The van der Waals surface area contributed by atoms with Crippen LogP contribution in [-0.2, 0) is 4.79 Å². The molecule has 8 heteroatoms. The minimum Gasteiger partial charge on any atom is -0.368 e. The van der Waals surface area contributed by atoms with Gasteiger partial charge < -0.3 is 10.6 Å². The number of nitrogens with two attached hydrogens (primary N) is 1. The molecule has 1 atom stereocenters. The average molecular weight is 365 g/mol. The predicted molar refractivity (Wildman–Crippen MR) is 90.1 cm³/mol. The maximum absolute atomic E-state index is 13.6. The SMILES string of the molecule is Cc1nc(C(=O)N2CCCCC2C(N)=O)c(-c2ccc(F)c(F)c2)s1. The molecule has 2 heterocycles. The number of hydrogen-bond acceptors (Lipinski definition) is 4. The molecule has 2 N–H and O–H groups in total. The normalized spacial score (nSPS) is 17.6. The van der Waals surface area contributed by atoms with Crippen LogP contribution in [0.15, 0.2) is 18.2 Å². The largest absolute Gasteiger partial charge is 0.368 e. The number of likely N-dealkylation sites (tertiary alicyclic amines) is 1. The van der Waals surface area contributed by atoms with Crippen molar-refractivity contribution in [2.75, 3.05) is 6.54 Å². The van der Waals surface area contributed by atoms with Gasteiger partial charge in [0.1, 0.15) is 11.7 Å². The van der Waals surface area contributed by atoms with E-state index in [2.05, 4.69) is 4.98 Å². The third-order valence-electron chi connectivity index (χ3n) is 4.21. The van der Waals surface area contributed by atoms with Gasteiger partial charge in [-0.3, -0.25) is 9.59 Å². The number of primary amides is 1. The Morgan fingerprint density at radius 3 is 2.72 bits per heavy atom. The van der Waals surface area contributed by atoms with Gasteiger partial charge in [0.05, 0.1) is 9.88 Å². The first-order chi connectivity index (χ1) is 11.9. The molecule has 0 spiro atoms. The van der Waals surface area contributed by atoms with Crippen LogP contribution in [0.5, 0.6) is 0 Å². The maximum Gasteiger partial charge on any atom is 0.274 e. The fourth-order valence-electron chi connectivity index (χ4n) is 3.01. The highest BCUT2D eigenvalue weighted by Gasteiger charge is 2.33. The van der Waals surface area contributed by atoms with E-state index >= 15 is 0 Å². The van der Waals surface area contributed by atoms with E-state index in [9.17, 15) is 18.4 Å². The van der Waals surface area contributed by atoms with E-state index < -0.39 is 29.5 Å². The zero-order valence-corrected chi connectivity index (χ0v) is 14.4. The summed E-state index contributed by atoms with van der Waals surface area (Å²) in [6.07, 6.45) is 2.12. The van der Waals surface area contributed by atoms with Gasteiger partial charge in [-0.05, 0) is 43.9 Å². The standard InChI is InChI=1S/C17H17F2N3O2S/c1-9-21-14(15(25-9)10-5-6-11(18)12(19)8-10)17(24)22-7-3-2-4-13(22)16(20)23/h5-6,8,13H,2-4,7H2,1H3,(H2,20,23). The fraction of sp³-hybridized carbons (Fsp3) is 0.353. The summed E-state index contributed by atoms with van der Waals surface area (Å²) in [5, 5.41) is 0.621. The molecule has 0 saturated carbocycles. The Labute approximate surface area is 147 Å². The van der Waals surface area contributed by atoms with Crippen molar-refractivity contribution in [1.29, 1.82) is 0 Å². The molecule has 1 saturated heterocycles. The summed E-state index contributed by atoms with van der Waals surface area (Å²) in [5.41, 5.74) is 5.94. The summed E-state index contributed by atoms with van der Waals surface area (Å²) >= 11 is 1.22. The molecule has 132 valence electrons. The molecule has 1 aromatic heterocycles. The van der Waals surface area contributed by atoms with E-state index in [-0.39, 0.29) is 5.69 Å². The number of thiazole rings is 1. The van der Waals surface area contributed by atoms with Crippen LogP contribution < -0.4 is 5.73 Å². The van der Waals surface area contributed by atoms with Gasteiger partial charge in [-0.2, -0.15) is 0 Å². The van der Waals surface area contributed by atoms with Crippen molar-refractivity contribution in [3.05, 3.63) is 40.5 Å². The highest BCUT2D eigenvalue weighted by molar-refractivity contribution is 7.15. The van der Waals surface area contributed by atoms with Crippen LogP contribution in [0, 0.1) is 18.6 Å². The Balaban J connectivity index is 2.01. The summed E-state index contributed by atoms with van der Waals surface area (Å²) in [6, 6.07) is 2.80. The lowest BCUT2D eigenvalue weighted by atomic mass is 10.0. The minimum absolute atomic E-state index is 0.140. The zero-order chi connectivity index (χ0) is 18.1. The number of benzene rings is 1. The molecule has 5 nitrogen and oxygen atoms in total. The van der Waals surface area contributed by atoms with Gasteiger partial charge in [-0.15, -0.1) is 11.3 Å². The molecule has 25 heavy (non-hydrogen) atoms. The number of carbonyl (C=O) groups excluding carboxylic acids is 2. The molecule has 2 aromatic rings. The number of hydrogen-bond donors (Lipinski definition) is 1. The molecule has 1 aliphatic rings. The third-order valence-corrected chi connectivity index (χ3v) is 5.23. The van der Waals surface area contributed by atoms with Gasteiger partial charge in [-0.25, -0.2) is 13.8 Å². The second-order valence-corrected chi connectivity index (χ2v) is 7.16. The Morgan fingerprint density at radius 2 is 2.04 bits per heavy atom. The summed E-state index contributed by atoms with van der Waals surface area (Å²) in [6.45, 7) is 2.15. The van der Waals surface area contributed by atoms with E-state index in [0.717, 1.165) is 25.0 Å². The molecule has 0 radical (unpaired) electrons. The van der Waals surface area contributed by atoms with Crippen molar-refractivity contribution in [1.82, 2.24) is 9.88 Å². The Morgan fingerprint density at radius 1 is 1.28 bits per heavy atom. The minimum atomic E-state index is -0.991. The monoisotopic (exact) mass is 365 g/mol. The van der Waals surface area contributed by atoms with Crippen molar-refractivity contribution < 1.29 is 18.4 Å². The average Bonchev–Trinajstić information content (AvgIpc) is 2.98. The van der Waals surface area contributed by atoms with Crippen LogP contribution in [-0.4, -0.2) is 34.3 Å². The Kier molecular flexibility index (Phi) is 4.80. The number of carbonyl (C=O) groups is 2. The van der Waals surface area contributed by atoms with Crippen LogP contribution in [0.2, 0.25) is 0 Å². The molecule has 0 aliphatic carbocycles. The van der Waals surface area contributed by atoms with Crippen molar-refractivity contribution >= 4 is 23.2 Å². The number of aromatic nitrogens is 1. The molecular weight excluding hydrogens is 348 g/mol. The molecule has 1 aliphatic heterocycles. The lowest BCUT2D eigenvalue weighted by Gasteiger charge is -2.33. The van der Waals surface area contributed by atoms with Crippen molar-refractivity contribution in [3.63, 3.8) is 0 Å².